The summed E-state index contributed by atoms with van der Waals surface area (Å²) in [6.07, 6.45) is 4.17. The van der Waals surface area contributed by atoms with Gasteiger partial charge in [0, 0.05) is 25.5 Å². The van der Waals surface area contributed by atoms with Gasteiger partial charge in [0.25, 0.3) is 11.8 Å². The van der Waals surface area contributed by atoms with E-state index in [9.17, 15) is 19.2 Å². The molecule has 5 aromatic rings. The van der Waals surface area contributed by atoms with Crippen molar-refractivity contribution in [2.24, 2.45) is 11.3 Å². The van der Waals surface area contributed by atoms with Crippen LogP contribution in [0.1, 0.15) is 74.7 Å². The summed E-state index contributed by atoms with van der Waals surface area (Å²) in [5, 5.41) is 8.62. The molecule has 2 atom stereocenters. The molecule has 282 valence electrons. The molecule has 2 unspecified atom stereocenters. The number of esters is 1. The lowest BCUT2D eigenvalue weighted by Gasteiger charge is -2.33. The van der Waals surface area contributed by atoms with E-state index in [0.717, 1.165) is 50.2 Å². The van der Waals surface area contributed by atoms with Crippen molar-refractivity contribution >= 4 is 79.5 Å². The number of carbonyl (C=O) groups is 4. The maximum Gasteiger partial charge on any atom is 0.341 e. The average molecular weight is 837 g/mol. The predicted molar refractivity (Wildman–Crippen MR) is 225 cm³/mol. The first-order chi connectivity index (χ1) is 26.4. The van der Waals surface area contributed by atoms with Crippen molar-refractivity contribution in [3.8, 4) is 0 Å². The monoisotopic (exact) mass is 835 g/mol. The van der Waals surface area contributed by atoms with Crippen LogP contribution in [0.3, 0.4) is 0 Å². The van der Waals surface area contributed by atoms with E-state index in [0.29, 0.717) is 27.7 Å². The molecule has 6 rings (SSSR count). The predicted octanol–water partition coefficient (Wildman–Crippen LogP) is 10.3. The molecular weight excluding hydrogens is 795 g/mol. The van der Waals surface area contributed by atoms with Crippen molar-refractivity contribution in [1.29, 1.82) is 0 Å². The zero-order valence-corrected chi connectivity index (χ0v) is 34.2. The fourth-order valence-electron chi connectivity index (χ4n) is 6.46. The summed E-state index contributed by atoms with van der Waals surface area (Å²) in [5.41, 5.74) is 3.97. The van der Waals surface area contributed by atoms with Crippen molar-refractivity contribution < 1.29 is 23.9 Å². The highest BCUT2D eigenvalue weighted by Crippen LogP contribution is 2.45. The maximum atomic E-state index is 14.3. The van der Waals surface area contributed by atoms with Gasteiger partial charge in [0.05, 0.1) is 12.7 Å². The number of halogens is 1. The van der Waals surface area contributed by atoms with Crippen LogP contribution in [-0.2, 0) is 27.2 Å². The maximum absolute atomic E-state index is 14.3. The molecule has 0 spiro atoms. The van der Waals surface area contributed by atoms with E-state index < -0.39 is 23.0 Å². The van der Waals surface area contributed by atoms with E-state index in [1.807, 2.05) is 66.7 Å². The standard InChI is InChI=1S/C44H42BrN3O5S2/c1-44(2,3)30-20-23-34-36(25-30)55-42(37(34)43(52)53-4)48-41(51)38(28-12-7-5-8-13-28)54-33-17-11-16-32(26-33)46-40(50)35(24-27-18-21-31(45)22-19-27)47-39(49)29-14-9-6-10-15-29/h5-19,21-22,24,26,30,38H,20,23,25H2,1-4H3,(H,46,50)(H,47,49)(H,48,51)/b35-24-. The second-order valence-corrected chi connectivity index (χ2v) is 17.5. The number of nitrogens with one attached hydrogen (secondary N) is 3. The number of fused-ring (bicyclic) bond motifs is 1. The highest BCUT2D eigenvalue weighted by Gasteiger charge is 2.35. The molecule has 0 aliphatic heterocycles. The molecule has 0 saturated heterocycles. The van der Waals surface area contributed by atoms with Gasteiger partial charge in [-0.3, -0.25) is 14.4 Å². The van der Waals surface area contributed by atoms with E-state index in [1.165, 1.54) is 30.2 Å². The van der Waals surface area contributed by atoms with Gasteiger partial charge in [-0.15, -0.1) is 23.1 Å². The van der Waals surface area contributed by atoms with Crippen molar-refractivity contribution in [2.45, 2.75) is 50.2 Å². The molecule has 0 radical (unpaired) electrons. The molecular formula is C44H42BrN3O5S2. The Kier molecular flexibility index (Phi) is 12.8. The summed E-state index contributed by atoms with van der Waals surface area (Å²) < 4.78 is 6.09. The first kappa shape index (κ1) is 39.7. The van der Waals surface area contributed by atoms with Gasteiger partial charge < -0.3 is 20.7 Å². The van der Waals surface area contributed by atoms with Crippen LogP contribution in [0.15, 0.2) is 124 Å². The first-order valence-corrected chi connectivity index (χ1v) is 20.4. The molecule has 1 heterocycles. The van der Waals surface area contributed by atoms with Crippen molar-refractivity contribution in [3.05, 3.63) is 152 Å². The Morgan fingerprint density at radius 2 is 1.58 bits per heavy atom. The highest BCUT2D eigenvalue weighted by atomic mass is 79.9. The quantitative estimate of drug-likeness (QED) is 0.0694. The number of thioether (sulfide) groups is 1. The van der Waals surface area contributed by atoms with E-state index in [2.05, 4.69) is 52.7 Å². The Hall–Kier alpha value is -4.97. The first-order valence-electron chi connectivity index (χ1n) is 17.9. The van der Waals surface area contributed by atoms with E-state index >= 15 is 0 Å². The number of methoxy groups -OCH3 is 1. The third kappa shape index (κ3) is 10.0. The van der Waals surface area contributed by atoms with Crippen molar-refractivity contribution in [1.82, 2.24) is 5.32 Å². The number of amides is 3. The normalized spacial score (nSPS) is 14.6. The second-order valence-electron chi connectivity index (χ2n) is 14.3. The minimum atomic E-state index is -0.697. The van der Waals surface area contributed by atoms with Crippen LogP contribution in [-0.4, -0.2) is 30.8 Å². The molecule has 0 bridgehead atoms. The fourth-order valence-corrected chi connectivity index (χ4v) is 9.13. The molecule has 1 aliphatic rings. The van der Waals surface area contributed by atoms with E-state index in [1.54, 1.807) is 48.5 Å². The van der Waals surface area contributed by atoms with Gasteiger partial charge in [-0.2, -0.15) is 0 Å². The van der Waals surface area contributed by atoms with Crippen LogP contribution >= 0.6 is 39.0 Å². The van der Waals surface area contributed by atoms with Gasteiger partial charge in [-0.1, -0.05) is 103 Å². The molecule has 3 amide bonds. The molecule has 0 saturated carbocycles. The Bertz CT molecular complexity index is 2210. The number of ether oxygens (including phenoxy) is 1. The molecule has 3 N–H and O–H groups in total. The Balaban J connectivity index is 1.25. The third-order valence-corrected chi connectivity index (χ3v) is 12.5. The SMILES string of the molecule is COC(=O)c1c(NC(=O)C(Sc2cccc(NC(=O)/C(=C/c3ccc(Br)cc3)NC(=O)c3ccccc3)c2)c2ccccc2)sc2c1CCC(C(C)(C)C)C2. The van der Waals surface area contributed by atoms with E-state index in [-0.39, 0.29) is 17.0 Å². The van der Waals surface area contributed by atoms with Crippen molar-refractivity contribution in [2.75, 3.05) is 17.7 Å². The summed E-state index contributed by atoms with van der Waals surface area (Å²) in [7, 11) is 1.37. The van der Waals surface area contributed by atoms with Gasteiger partial charge in [0.2, 0.25) is 5.91 Å². The zero-order chi connectivity index (χ0) is 39.1. The number of rotatable bonds is 11. The van der Waals surface area contributed by atoms with Crippen LogP contribution in [0.4, 0.5) is 10.7 Å². The third-order valence-electron chi connectivity index (χ3n) is 9.51. The number of thiophene rings is 1. The number of hydrogen-bond acceptors (Lipinski definition) is 7. The lowest BCUT2D eigenvalue weighted by Crippen LogP contribution is -2.30. The van der Waals surface area contributed by atoms with Crippen LogP contribution in [0.5, 0.6) is 0 Å². The topological polar surface area (TPSA) is 114 Å². The fraction of sp³-hybridized carbons (Fsp3) is 0.227. The summed E-state index contributed by atoms with van der Waals surface area (Å²) in [4.78, 5) is 56.2. The number of hydrogen-bond donors (Lipinski definition) is 3. The average Bonchev–Trinajstić information content (AvgIpc) is 3.54. The summed E-state index contributed by atoms with van der Waals surface area (Å²) in [6, 6.07) is 32.7. The van der Waals surface area contributed by atoms with Crippen LogP contribution in [0.25, 0.3) is 6.08 Å². The molecule has 4 aromatic carbocycles. The van der Waals surface area contributed by atoms with E-state index in [4.69, 9.17) is 4.74 Å². The Labute approximate surface area is 338 Å². The van der Waals surface area contributed by atoms with Crippen LogP contribution in [0, 0.1) is 11.3 Å². The van der Waals surface area contributed by atoms with Crippen LogP contribution < -0.4 is 16.0 Å². The molecule has 0 fully saturated rings. The smallest absolute Gasteiger partial charge is 0.341 e. The van der Waals surface area contributed by atoms with Gasteiger partial charge in [0.15, 0.2) is 0 Å². The van der Waals surface area contributed by atoms with Gasteiger partial charge >= 0.3 is 5.97 Å². The molecule has 1 aromatic heterocycles. The lowest BCUT2D eigenvalue weighted by molar-refractivity contribution is -0.116. The Morgan fingerprint density at radius 1 is 0.891 bits per heavy atom. The summed E-state index contributed by atoms with van der Waals surface area (Å²) in [5.74, 6) is -1.22. The molecule has 11 heteroatoms. The largest absolute Gasteiger partial charge is 0.465 e. The van der Waals surface area contributed by atoms with Gasteiger partial charge in [-0.25, -0.2) is 4.79 Å². The minimum Gasteiger partial charge on any atom is -0.465 e. The number of anilines is 2. The Morgan fingerprint density at radius 3 is 2.25 bits per heavy atom. The van der Waals surface area contributed by atoms with Gasteiger partial charge in [0.1, 0.15) is 15.9 Å². The summed E-state index contributed by atoms with van der Waals surface area (Å²) >= 11 is 6.22. The van der Waals surface area contributed by atoms with Crippen LogP contribution in [0.2, 0.25) is 0 Å². The molecule has 8 nitrogen and oxygen atoms in total. The van der Waals surface area contributed by atoms with Gasteiger partial charge in [-0.05, 0) is 95.8 Å². The second kappa shape index (κ2) is 17.7. The summed E-state index contributed by atoms with van der Waals surface area (Å²) in [6.45, 7) is 6.73. The zero-order valence-electron chi connectivity index (χ0n) is 31.0. The lowest BCUT2D eigenvalue weighted by atomic mass is 9.72. The molecule has 1 aliphatic carbocycles. The minimum absolute atomic E-state index is 0.0599. The highest BCUT2D eigenvalue weighted by molar-refractivity contribution is 9.10. The molecule has 55 heavy (non-hydrogen) atoms. The number of benzene rings is 4. The van der Waals surface area contributed by atoms with Crippen molar-refractivity contribution in [3.63, 3.8) is 0 Å². The number of carbonyl (C=O) groups excluding carboxylic acids is 4.